The summed E-state index contributed by atoms with van der Waals surface area (Å²) in [7, 11) is 1.81. The number of benzene rings is 2. The van der Waals surface area contributed by atoms with E-state index >= 15 is 0 Å². The summed E-state index contributed by atoms with van der Waals surface area (Å²) in [5, 5.41) is 0. The Kier molecular flexibility index (Phi) is 5.52. The molecule has 0 spiro atoms. The van der Waals surface area contributed by atoms with E-state index in [1.165, 1.54) is 5.56 Å². The van der Waals surface area contributed by atoms with Crippen LogP contribution in [0.4, 0.5) is 5.69 Å². The fourth-order valence-corrected chi connectivity index (χ4v) is 3.10. The Morgan fingerprint density at radius 2 is 1.88 bits per heavy atom. The number of rotatable bonds is 5. The average molecular weight is 348 g/mol. The van der Waals surface area contributed by atoms with Crippen LogP contribution in [-0.2, 0) is 16.1 Å². The lowest BCUT2D eigenvalue weighted by molar-refractivity contribution is -0.125. The monoisotopic (exact) mass is 348 g/mol. The third-order valence-electron chi connectivity index (χ3n) is 4.74. The van der Waals surface area contributed by atoms with Gasteiger partial charge in [0.2, 0.25) is 11.8 Å². The molecule has 0 radical (unpaired) electrons. The zero-order valence-electron chi connectivity index (χ0n) is 15.3. The van der Waals surface area contributed by atoms with Gasteiger partial charge in [0, 0.05) is 38.3 Å². The summed E-state index contributed by atoms with van der Waals surface area (Å²) < 4.78 is 0. The standard InChI is InChI=1S/C22H24N2O2/c1-17-6-3-4-7-19(17)16-23(2)21(25)14-11-18-9-12-20(13-10-18)24-15-5-8-22(24)26/h3-4,6-7,9-14H,5,8,15-16H2,1-2H3. The highest BCUT2D eigenvalue weighted by Gasteiger charge is 2.21. The minimum absolute atomic E-state index is 0.0351. The van der Waals surface area contributed by atoms with E-state index in [0.29, 0.717) is 13.0 Å². The Balaban J connectivity index is 1.61. The maximum absolute atomic E-state index is 12.3. The Morgan fingerprint density at radius 3 is 2.54 bits per heavy atom. The number of carbonyl (C=O) groups excluding carboxylic acids is 2. The molecule has 1 fully saturated rings. The second-order valence-corrected chi connectivity index (χ2v) is 6.69. The summed E-state index contributed by atoms with van der Waals surface area (Å²) in [6.45, 7) is 3.43. The second-order valence-electron chi connectivity index (χ2n) is 6.69. The number of hydrogen-bond donors (Lipinski definition) is 0. The fraction of sp³-hybridized carbons (Fsp3) is 0.273. The topological polar surface area (TPSA) is 40.6 Å². The second kappa shape index (κ2) is 8.00. The van der Waals surface area contributed by atoms with Crippen LogP contribution in [0.3, 0.4) is 0 Å². The van der Waals surface area contributed by atoms with Crippen molar-refractivity contribution in [3.63, 3.8) is 0 Å². The third kappa shape index (κ3) is 4.20. The minimum Gasteiger partial charge on any atom is -0.338 e. The van der Waals surface area contributed by atoms with Crippen LogP contribution in [0.25, 0.3) is 6.08 Å². The zero-order valence-corrected chi connectivity index (χ0v) is 15.3. The predicted molar refractivity (Wildman–Crippen MR) is 105 cm³/mol. The molecule has 4 nitrogen and oxygen atoms in total. The molecule has 2 aromatic carbocycles. The lowest BCUT2D eigenvalue weighted by Crippen LogP contribution is -2.24. The maximum Gasteiger partial charge on any atom is 0.246 e. The van der Waals surface area contributed by atoms with Gasteiger partial charge < -0.3 is 9.80 Å². The van der Waals surface area contributed by atoms with Crippen LogP contribution in [0.2, 0.25) is 0 Å². The molecule has 1 saturated heterocycles. The molecule has 0 saturated carbocycles. The van der Waals surface area contributed by atoms with E-state index in [1.807, 2.05) is 53.4 Å². The van der Waals surface area contributed by atoms with Crippen molar-refractivity contribution >= 4 is 23.6 Å². The molecule has 2 amide bonds. The molecule has 134 valence electrons. The molecule has 1 aliphatic heterocycles. The van der Waals surface area contributed by atoms with Crippen molar-refractivity contribution in [2.45, 2.75) is 26.3 Å². The van der Waals surface area contributed by atoms with E-state index in [-0.39, 0.29) is 11.8 Å². The van der Waals surface area contributed by atoms with Gasteiger partial charge in [-0.3, -0.25) is 9.59 Å². The van der Waals surface area contributed by atoms with Crippen LogP contribution >= 0.6 is 0 Å². The number of amides is 2. The van der Waals surface area contributed by atoms with Crippen molar-refractivity contribution < 1.29 is 9.59 Å². The van der Waals surface area contributed by atoms with Crippen LogP contribution in [0.5, 0.6) is 0 Å². The molecule has 3 rings (SSSR count). The summed E-state index contributed by atoms with van der Waals surface area (Å²) in [6, 6.07) is 15.8. The normalized spacial score (nSPS) is 14.2. The van der Waals surface area contributed by atoms with Gasteiger partial charge in [-0.1, -0.05) is 36.4 Å². The van der Waals surface area contributed by atoms with Gasteiger partial charge in [0.05, 0.1) is 0 Å². The number of aryl methyl sites for hydroxylation is 1. The summed E-state index contributed by atoms with van der Waals surface area (Å²) in [5.74, 6) is 0.147. The summed E-state index contributed by atoms with van der Waals surface area (Å²) in [4.78, 5) is 27.6. The molecular weight excluding hydrogens is 324 g/mol. The Bertz CT molecular complexity index is 824. The van der Waals surface area contributed by atoms with Crippen molar-refractivity contribution in [2.75, 3.05) is 18.5 Å². The van der Waals surface area contributed by atoms with Crippen LogP contribution in [0.1, 0.15) is 29.5 Å². The Labute approximate surface area is 154 Å². The first-order valence-corrected chi connectivity index (χ1v) is 8.93. The highest BCUT2D eigenvalue weighted by Crippen LogP contribution is 2.22. The molecule has 0 atom stereocenters. The predicted octanol–water partition coefficient (Wildman–Crippen LogP) is 3.79. The number of likely N-dealkylation sites (N-methyl/N-ethyl adjacent to an activating group) is 1. The quantitative estimate of drug-likeness (QED) is 0.771. The number of carbonyl (C=O) groups is 2. The van der Waals surface area contributed by atoms with Gasteiger partial charge in [0.15, 0.2) is 0 Å². The summed E-state index contributed by atoms with van der Waals surface area (Å²) >= 11 is 0. The highest BCUT2D eigenvalue weighted by atomic mass is 16.2. The third-order valence-corrected chi connectivity index (χ3v) is 4.74. The van der Waals surface area contributed by atoms with Crippen molar-refractivity contribution in [2.24, 2.45) is 0 Å². The van der Waals surface area contributed by atoms with Crippen molar-refractivity contribution in [3.8, 4) is 0 Å². The van der Waals surface area contributed by atoms with Gasteiger partial charge in [0.25, 0.3) is 0 Å². The van der Waals surface area contributed by atoms with Crippen LogP contribution in [-0.4, -0.2) is 30.3 Å². The number of nitrogens with zero attached hydrogens (tertiary/aromatic N) is 2. The van der Waals surface area contributed by atoms with Gasteiger partial charge in [-0.2, -0.15) is 0 Å². The number of anilines is 1. The van der Waals surface area contributed by atoms with Gasteiger partial charge in [-0.15, -0.1) is 0 Å². The van der Waals surface area contributed by atoms with Gasteiger partial charge >= 0.3 is 0 Å². The summed E-state index contributed by atoms with van der Waals surface area (Å²) in [5.41, 5.74) is 4.20. The molecule has 0 aromatic heterocycles. The molecule has 1 heterocycles. The van der Waals surface area contributed by atoms with E-state index < -0.39 is 0 Å². The molecule has 0 unspecified atom stereocenters. The molecule has 0 bridgehead atoms. The van der Waals surface area contributed by atoms with Gasteiger partial charge in [-0.05, 0) is 48.2 Å². The van der Waals surface area contributed by atoms with Crippen molar-refractivity contribution in [1.29, 1.82) is 0 Å². The van der Waals surface area contributed by atoms with E-state index in [1.54, 1.807) is 18.0 Å². The van der Waals surface area contributed by atoms with E-state index in [0.717, 1.165) is 29.8 Å². The highest BCUT2D eigenvalue weighted by molar-refractivity contribution is 5.95. The van der Waals surface area contributed by atoms with Crippen molar-refractivity contribution in [1.82, 2.24) is 4.90 Å². The van der Waals surface area contributed by atoms with Crippen LogP contribution < -0.4 is 4.90 Å². The van der Waals surface area contributed by atoms with Crippen molar-refractivity contribution in [3.05, 3.63) is 71.3 Å². The molecule has 0 N–H and O–H groups in total. The largest absolute Gasteiger partial charge is 0.338 e. The van der Waals surface area contributed by atoms with E-state index in [4.69, 9.17) is 0 Å². The van der Waals surface area contributed by atoms with Gasteiger partial charge in [0.1, 0.15) is 0 Å². The van der Waals surface area contributed by atoms with Gasteiger partial charge in [-0.25, -0.2) is 0 Å². The lowest BCUT2D eigenvalue weighted by atomic mass is 10.1. The fourth-order valence-electron chi connectivity index (χ4n) is 3.10. The molecule has 26 heavy (non-hydrogen) atoms. The first kappa shape index (κ1) is 17.9. The molecule has 4 heteroatoms. The Hall–Kier alpha value is -2.88. The zero-order chi connectivity index (χ0) is 18.5. The minimum atomic E-state index is -0.0351. The SMILES string of the molecule is Cc1ccccc1CN(C)C(=O)C=Cc1ccc(N2CCCC2=O)cc1. The average Bonchev–Trinajstić information content (AvgIpc) is 3.08. The van der Waals surface area contributed by atoms with Crippen LogP contribution in [0.15, 0.2) is 54.6 Å². The molecular formula is C22H24N2O2. The summed E-state index contributed by atoms with van der Waals surface area (Å²) in [6.07, 6.45) is 4.95. The van der Waals surface area contributed by atoms with E-state index in [9.17, 15) is 9.59 Å². The first-order valence-electron chi connectivity index (χ1n) is 8.93. The lowest BCUT2D eigenvalue weighted by Gasteiger charge is -2.17. The molecule has 1 aliphatic rings. The van der Waals surface area contributed by atoms with E-state index in [2.05, 4.69) is 13.0 Å². The first-order chi connectivity index (χ1) is 12.5. The molecule has 0 aliphatic carbocycles. The number of hydrogen-bond acceptors (Lipinski definition) is 2. The molecule has 2 aromatic rings. The van der Waals surface area contributed by atoms with Crippen LogP contribution in [0, 0.1) is 6.92 Å². The maximum atomic E-state index is 12.3. The Morgan fingerprint density at radius 1 is 1.15 bits per heavy atom. The smallest absolute Gasteiger partial charge is 0.246 e.